The number of benzene rings is 1. The van der Waals surface area contributed by atoms with Crippen LogP contribution >= 0.6 is 0 Å². The molecule has 0 aromatic heterocycles. The molecule has 1 saturated carbocycles. The van der Waals surface area contributed by atoms with Crippen LogP contribution in [0.2, 0.25) is 18.6 Å². The fourth-order valence-corrected chi connectivity index (χ4v) is 6.69. The van der Waals surface area contributed by atoms with Crippen molar-refractivity contribution >= 4 is 8.32 Å². The summed E-state index contributed by atoms with van der Waals surface area (Å²) in [5.41, 5.74) is 2.33. The van der Waals surface area contributed by atoms with Crippen LogP contribution in [0, 0.1) is 0 Å². The highest BCUT2D eigenvalue weighted by Crippen LogP contribution is 2.53. The van der Waals surface area contributed by atoms with Gasteiger partial charge in [0.05, 0.1) is 0 Å². The van der Waals surface area contributed by atoms with E-state index in [2.05, 4.69) is 37.4 Å². The van der Waals surface area contributed by atoms with Crippen LogP contribution in [0.3, 0.4) is 0 Å². The molecule has 2 atom stereocenters. The lowest BCUT2D eigenvalue weighted by atomic mass is 9.83. The van der Waals surface area contributed by atoms with Crippen molar-refractivity contribution in [2.45, 2.75) is 50.2 Å². The number of hydrogen-bond acceptors (Lipinski definition) is 1. The lowest BCUT2D eigenvalue weighted by Crippen LogP contribution is -2.46. The van der Waals surface area contributed by atoms with E-state index in [-0.39, 0.29) is 0 Å². The fourth-order valence-electron chi connectivity index (χ4n) is 3.57. The van der Waals surface area contributed by atoms with Crippen molar-refractivity contribution in [3.63, 3.8) is 0 Å². The molecule has 1 aliphatic carbocycles. The molecule has 1 aromatic carbocycles. The molecule has 0 N–H and O–H groups in total. The zero-order valence-electron chi connectivity index (χ0n) is 10.2. The average Bonchev–Trinajstić information content (AvgIpc) is 2.29. The number of para-hydroxylation sites is 1. The van der Waals surface area contributed by atoms with Crippen LogP contribution in [0.1, 0.15) is 37.2 Å². The molecule has 1 aromatic rings. The summed E-state index contributed by atoms with van der Waals surface area (Å²) in [5, 5.41) is 0. The van der Waals surface area contributed by atoms with E-state index in [9.17, 15) is 0 Å². The highest BCUT2D eigenvalue weighted by molar-refractivity contribution is 6.73. The molecule has 0 radical (unpaired) electrons. The first-order valence-corrected chi connectivity index (χ1v) is 9.45. The van der Waals surface area contributed by atoms with Gasteiger partial charge in [0.1, 0.15) is 5.75 Å². The minimum absolute atomic E-state index is 0.792. The fraction of sp³-hybridized carbons (Fsp3) is 0.571. The molecule has 0 unspecified atom stereocenters. The third-order valence-electron chi connectivity index (χ3n) is 4.35. The second kappa shape index (κ2) is 3.62. The average molecular weight is 232 g/mol. The Labute approximate surface area is 99.0 Å². The molecule has 0 saturated heterocycles. The van der Waals surface area contributed by atoms with Crippen LogP contribution in [0.5, 0.6) is 5.75 Å². The second-order valence-electron chi connectivity index (χ2n) is 5.74. The van der Waals surface area contributed by atoms with Gasteiger partial charge in [0.25, 0.3) is 0 Å². The minimum Gasteiger partial charge on any atom is -0.544 e. The van der Waals surface area contributed by atoms with E-state index < -0.39 is 8.32 Å². The minimum atomic E-state index is -1.50. The molecule has 0 spiro atoms. The van der Waals surface area contributed by atoms with Gasteiger partial charge in [-0.3, -0.25) is 0 Å². The van der Waals surface area contributed by atoms with Gasteiger partial charge in [0.2, 0.25) is 8.32 Å². The lowest BCUT2D eigenvalue weighted by Gasteiger charge is -2.46. The monoisotopic (exact) mass is 232 g/mol. The molecule has 1 heterocycles. The van der Waals surface area contributed by atoms with Crippen molar-refractivity contribution in [2.24, 2.45) is 0 Å². The molecule has 0 amide bonds. The number of rotatable bonds is 0. The molecule has 1 aliphatic heterocycles. The van der Waals surface area contributed by atoms with Gasteiger partial charge in [-0.2, -0.15) is 0 Å². The van der Waals surface area contributed by atoms with E-state index in [1.54, 1.807) is 0 Å². The summed E-state index contributed by atoms with van der Waals surface area (Å²) >= 11 is 0. The first-order valence-electron chi connectivity index (χ1n) is 6.46. The van der Waals surface area contributed by atoms with E-state index in [0.29, 0.717) is 0 Å². The SMILES string of the molecule is C[Si]1(C)Oc2ccccc2[C@H]2CCCC[C@@H]21. The van der Waals surface area contributed by atoms with E-state index in [4.69, 9.17) is 4.43 Å². The van der Waals surface area contributed by atoms with Crippen molar-refractivity contribution in [2.75, 3.05) is 0 Å². The van der Waals surface area contributed by atoms with Gasteiger partial charge in [0.15, 0.2) is 0 Å². The van der Waals surface area contributed by atoms with Gasteiger partial charge >= 0.3 is 0 Å². The Bertz CT molecular complexity index is 399. The van der Waals surface area contributed by atoms with Gasteiger partial charge in [-0.05, 0) is 49.0 Å². The van der Waals surface area contributed by atoms with Crippen LogP contribution in [-0.2, 0) is 0 Å². The maximum atomic E-state index is 6.33. The first-order chi connectivity index (χ1) is 7.68. The summed E-state index contributed by atoms with van der Waals surface area (Å²) in [7, 11) is -1.50. The highest BCUT2D eigenvalue weighted by atomic mass is 28.4. The normalized spacial score (nSPS) is 31.1. The molecule has 2 heteroatoms. The van der Waals surface area contributed by atoms with Crippen LogP contribution in [0.4, 0.5) is 0 Å². The van der Waals surface area contributed by atoms with Gasteiger partial charge in [-0.15, -0.1) is 0 Å². The van der Waals surface area contributed by atoms with E-state index >= 15 is 0 Å². The molecule has 16 heavy (non-hydrogen) atoms. The van der Waals surface area contributed by atoms with Crippen molar-refractivity contribution in [3.05, 3.63) is 29.8 Å². The highest BCUT2D eigenvalue weighted by Gasteiger charge is 2.46. The molecule has 2 aliphatic rings. The Morgan fingerprint density at radius 2 is 1.88 bits per heavy atom. The van der Waals surface area contributed by atoms with E-state index in [1.165, 1.54) is 37.0 Å². The third kappa shape index (κ3) is 1.51. The Morgan fingerprint density at radius 1 is 1.12 bits per heavy atom. The Kier molecular flexibility index (Phi) is 2.35. The zero-order chi connectivity index (χ0) is 11.2. The topological polar surface area (TPSA) is 9.23 Å². The van der Waals surface area contributed by atoms with Crippen molar-refractivity contribution in [1.29, 1.82) is 0 Å². The van der Waals surface area contributed by atoms with Gasteiger partial charge in [-0.1, -0.05) is 31.0 Å². The van der Waals surface area contributed by atoms with Crippen LogP contribution < -0.4 is 4.43 Å². The first kappa shape index (κ1) is 10.4. The quantitative estimate of drug-likeness (QED) is 0.606. The summed E-state index contributed by atoms with van der Waals surface area (Å²) in [5.74, 6) is 1.97. The predicted molar refractivity (Wildman–Crippen MR) is 69.5 cm³/mol. The Balaban J connectivity index is 2.07. The summed E-state index contributed by atoms with van der Waals surface area (Å²) in [6.07, 6.45) is 5.57. The summed E-state index contributed by atoms with van der Waals surface area (Å²) < 4.78 is 6.33. The predicted octanol–water partition coefficient (Wildman–Crippen LogP) is 4.31. The molecule has 3 rings (SSSR count). The Morgan fingerprint density at radius 3 is 2.75 bits per heavy atom. The largest absolute Gasteiger partial charge is 0.544 e. The maximum absolute atomic E-state index is 6.33. The molecular weight excluding hydrogens is 212 g/mol. The van der Waals surface area contributed by atoms with Crippen molar-refractivity contribution < 1.29 is 4.43 Å². The van der Waals surface area contributed by atoms with Crippen LogP contribution in [0.25, 0.3) is 0 Å². The van der Waals surface area contributed by atoms with Gasteiger partial charge in [-0.25, -0.2) is 0 Å². The van der Waals surface area contributed by atoms with Gasteiger partial charge in [0, 0.05) is 0 Å². The summed E-state index contributed by atoms with van der Waals surface area (Å²) in [6, 6.07) is 8.71. The van der Waals surface area contributed by atoms with Crippen LogP contribution in [-0.4, -0.2) is 8.32 Å². The van der Waals surface area contributed by atoms with Crippen molar-refractivity contribution in [3.8, 4) is 5.75 Å². The summed E-state index contributed by atoms with van der Waals surface area (Å²) in [4.78, 5) is 0. The lowest BCUT2D eigenvalue weighted by molar-refractivity contribution is 0.364. The smallest absolute Gasteiger partial charge is 0.248 e. The molecular formula is C14H20OSi. The van der Waals surface area contributed by atoms with Crippen molar-refractivity contribution in [1.82, 2.24) is 0 Å². The summed E-state index contributed by atoms with van der Waals surface area (Å²) in [6.45, 7) is 4.79. The molecule has 86 valence electrons. The molecule has 1 fully saturated rings. The third-order valence-corrected chi connectivity index (χ3v) is 7.57. The Hall–Kier alpha value is -0.763. The molecule has 0 bridgehead atoms. The number of hydrogen-bond donors (Lipinski definition) is 0. The number of fused-ring (bicyclic) bond motifs is 3. The molecule has 1 nitrogen and oxygen atoms in total. The van der Waals surface area contributed by atoms with E-state index in [0.717, 1.165) is 11.5 Å². The standard InChI is InChI=1S/C14H20OSi/c1-16(2)14-10-6-4-8-12(14)11-7-3-5-9-13(11)15-16/h3,5,7,9,12,14H,4,6,8,10H2,1-2H3/t12-,14+/m1/s1. The van der Waals surface area contributed by atoms with Gasteiger partial charge < -0.3 is 4.43 Å². The van der Waals surface area contributed by atoms with Crippen LogP contribution in [0.15, 0.2) is 24.3 Å². The zero-order valence-corrected chi connectivity index (χ0v) is 11.2. The second-order valence-corrected chi connectivity index (χ2v) is 9.89. The van der Waals surface area contributed by atoms with E-state index in [1.807, 2.05) is 0 Å². The maximum Gasteiger partial charge on any atom is 0.248 e.